The third-order valence-electron chi connectivity index (χ3n) is 5.36. The zero-order chi connectivity index (χ0) is 24.9. The Morgan fingerprint density at radius 3 is 2.18 bits per heavy atom. The average Bonchev–Trinajstić information content (AvgIpc) is 2.83. The van der Waals surface area contributed by atoms with Crippen molar-refractivity contribution < 1.29 is 19.1 Å². The number of hydrogen-bond acceptors (Lipinski definition) is 5. The van der Waals surface area contributed by atoms with Crippen LogP contribution in [-0.4, -0.2) is 31.2 Å². The number of rotatable bonds is 17. The van der Waals surface area contributed by atoms with Crippen LogP contribution in [0.1, 0.15) is 97.0 Å². The Morgan fingerprint density at radius 1 is 0.912 bits per heavy atom. The number of carbonyl (C=O) groups excluding carboxylic acids is 2. The van der Waals surface area contributed by atoms with E-state index in [0.717, 1.165) is 25.1 Å². The molecule has 0 amide bonds. The van der Waals surface area contributed by atoms with Gasteiger partial charge in [-0.3, -0.25) is 0 Å². The van der Waals surface area contributed by atoms with Crippen LogP contribution < -0.4 is 5.32 Å². The fourth-order valence-corrected chi connectivity index (χ4v) is 3.38. The monoisotopic (exact) mass is 469 g/mol. The predicted octanol–water partition coefficient (Wildman–Crippen LogP) is 6.81. The summed E-state index contributed by atoms with van der Waals surface area (Å²) in [6.45, 7) is 6.57. The van der Waals surface area contributed by atoms with Gasteiger partial charge in [0.2, 0.25) is 0 Å². The molecule has 1 aromatic rings. The minimum atomic E-state index is -0.965. The first-order valence-corrected chi connectivity index (χ1v) is 12.9. The SMILES string of the molecule is CCCCCCCCCCC=CCCCNc1ccc(C#CC(=O)OC(C)C(=O)OCC)cc1. The van der Waals surface area contributed by atoms with Gasteiger partial charge in [-0.15, -0.1) is 0 Å². The Kier molecular flexibility index (Phi) is 17.0. The lowest BCUT2D eigenvalue weighted by molar-refractivity contribution is -0.162. The van der Waals surface area contributed by atoms with Crippen LogP contribution in [-0.2, 0) is 19.1 Å². The number of ether oxygens (including phenoxy) is 2. The molecular weight excluding hydrogens is 426 g/mol. The molecule has 34 heavy (non-hydrogen) atoms. The van der Waals surface area contributed by atoms with Crippen LogP contribution in [0.3, 0.4) is 0 Å². The molecule has 188 valence electrons. The maximum Gasteiger partial charge on any atom is 0.385 e. The van der Waals surface area contributed by atoms with E-state index in [4.69, 9.17) is 9.47 Å². The number of nitrogens with one attached hydrogen (secondary N) is 1. The van der Waals surface area contributed by atoms with Gasteiger partial charge in [0.15, 0.2) is 6.10 Å². The van der Waals surface area contributed by atoms with Crippen LogP contribution in [0.2, 0.25) is 0 Å². The quantitative estimate of drug-likeness (QED) is 0.117. The molecule has 0 heterocycles. The summed E-state index contributed by atoms with van der Waals surface area (Å²) in [6.07, 6.45) is 18.0. The molecule has 0 bridgehead atoms. The molecule has 0 aliphatic carbocycles. The second kappa shape index (κ2) is 19.7. The first-order valence-electron chi connectivity index (χ1n) is 12.9. The van der Waals surface area contributed by atoms with Crippen molar-refractivity contribution in [1.29, 1.82) is 0 Å². The van der Waals surface area contributed by atoms with Crippen LogP contribution in [0.25, 0.3) is 0 Å². The van der Waals surface area contributed by atoms with Gasteiger partial charge in [0, 0.05) is 23.7 Å². The smallest absolute Gasteiger partial charge is 0.385 e. The maximum absolute atomic E-state index is 11.7. The van der Waals surface area contributed by atoms with Gasteiger partial charge in [-0.1, -0.05) is 69.9 Å². The van der Waals surface area contributed by atoms with Gasteiger partial charge in [0.1, 0.15) is 0 Å². The van der Waals surface area contributed by atoms with E-state index in [1.54, 1.807) is 6.92 Å². The van der Waals surface area contributed by atoms with Gasteiger partial charge in [0.05, 0.1) is 6.61 Å². The summed E-state index contributed by atoms with van der Waals surface area (Å²) in [7, 11) is 0. The topological polar surface area (TPSA) is 64.6 Å². The number of anilines is 1. The highest BCUT2D eigenvalue weighted by Crippen LogP contribution is 2.11. The highest BCUT2D eigenvalue weighted by molar-refractivity contribution is 5.91. The van der Waals surface area contributed by atoms with Crippen molar-refractivity contribution in [2.75, 3.05) is 18.5 Å². The maximum atomic E-state index is 11.7. The standard InChI is InChI=1S/C29H43NO4/c1-4-6-7-8-9-10-11-12-13-14-15-16-17-24-30-27-21-18-26(19-22-27)20-23-28(31)34-25(3)29(32)33-5-2/h14-15,18-19,21-22,25,30H,4-13,16-17,24H2,1-3H3. The number of unbranched alkanes of at least 4 members (excludes halogenated alkanes) is 9. The summed E-state index contributed by atoms with van der Waals surface area (Å²) < 4.78 is 9.73. The second-order valence-corrected chi connectivity index (χ2v) is 8.43. The molecule has 5 nitrogen and oxygen atoms in total. The molecule has 1 unspecified atom stereocenters. The number of hydrogen-bond donors (Lipinski definition) is 1. The van der Waals surface area contributed by atoms with Crippen molar-refractivity contribution in [3.63, 3.8) is 0 Å². The first-order chi connectivity index (χ1) is 16.6. The van der Waals surface area contributed by atoms with Crippen molar-refractivity contribution in [1.82, 2.24) is 0 Å². The highest BCUT2D eigenvalue weighted by Gasteiger charge is 2.17. The van der Waals surface area contributed by atoms with E-state index < -0.39 is 18.0 Å². The Bertz CT molecular complexity index is 774. The lowest BCUT2D eigenvalue weighted by Crippen LogP contribution is -2.25. The average molecular weight is 470 g/mol. The molecule has 0 radical (unpaired) electrons. The van der Waals surface area contributed by atoms with E-state index in [9.17, 15) is 9.59 Å². The van der Waals surface area contributed by atoms with Gasteiger partial charge in [-0.2, -0.15) is 0 Å². The Morgan fingerprint density at radius 2 is 1.53 bits per heavy atom. The van der Waals surface area contributed by atoms with Gasteiger partial charge < -0.3 is 14.8 Å². The van der Waals surface area contributed by atoms with Crippen LogP contribution in [0, 0.1) is 11.8 Å². The minimum Gasteiger partial charge on any atom is -0.463 e. The molecule has 0 aliphatic heterocycles. The van der Waals surface area contributed by atoms with E-state index >= 15 is 0 Å². The second-order valence-electron chi connectivity index (χ2n) is 8.43. The summed E-state index contributed by atoms with van der Waals surface area (Å²) in [5, 5.41) is 3.40. The van der Waals surface area contributed by atoms with E-state index in [2.05, 4.69) is 36.2 Å². The van der Waals surface area contributed by atoms with Crippen LogP contribution in [0.5, 0.6) is 0 Å². The first kappa shape index (κ1) is 29.3. The lowest BCUT2D eigenvalue weighted by Gasteiger charge is -2.09. The normalized spacial score (nSPS) is 11.5. The Hall–Kier alpha value is -2.74. The van der Waals surface area contributed by atoms with Crippen molar-refractivity contribution >= 4 is 17.6 Å². The molecule has 0 aromatic heterocycles. The molecule has 5 heteroatoms. The van der Waals surface area contributed by atoms with Crippen molar-refractivity contribution in [2.24, 2.45) is 0 Å². The summed E-state index contributed by atoms with van der Waals surface area (Å²) in [5.41, 5.74) is 1.72. The van der Waals surface area contributed by atoms with Crippen LogP contribution in [0.4, 0.5) is 5.69 Å². The molecule has 0 aliphatic rings. The van der Waals surface area contributed by atoms with Crippen molar-refractivity contribution in [3.8, 4) is 11.8 Å². The third-order valence-corrected chi connectivity index (χ3v) is 5.36. The predicted molar refractivity (Wildman–Crippen MR) is 140 cm³/mol. The van der Waals surface area contributed by atoms with E-state index in [0.29, 0.717) is 5.56 Å². The molecule has 0 fully saturated rings. The number of esters is 2. The molecule has 0 spiro atoms. The number of carbonyl (C=O) groups is 2. The molecule has 1 aromatic carbocycles. The number of allylic oxidation sites excluding steroid dienone is 2. The lowest BCUT2D eigenvalue weighted by atomic mass is 10.1. The zero-order valence-electron chi connectivity index (χ0n) is 21.4. The molecule has 0 saturated heterocycles. The summed E-state index contributed by atoms with van der Waals surface area (Å²) in [5.74, 6) is 3.82. The summed E-state index contributed by atoms with van der Waals surface area (Å²) in [6, 6.07) is 7.57. The minimum absolute atomic E-state index is 0.239. The van der Waals surface area contributed by atoms with Gasteiger partial charge in [-0.05, 0) is 63.8 Å². The summed E-state index contributed by atoms with van der Waals surface area (Å²) in [4.78, 5) is 23.2. The molecular formula is C29H43NO4. The molecule has 0 saturated carbocycles. The summed E-state index contributed by atoms with van der Waals surface area (Å²) >= 11 is 0. The van der Waals surface area contributed by atoms with Gasteiger partial charge in [-0.25, -0.2) is 9.59 Å². The molecule has 1 atom stereocenters. The molecule has 1 rings (SSSR count). The fraction of sp³-hybridized carbons (Fsp3) is 0.586. The number of benzene rings is 1. The van der Waals surface area contributed by atoms with E-state index in [-0.39, 0.29) is 6.61 Å². The van der Waals surface area contributed by atoms with Gasteiger partial charge in [0.25, 0.3) is 0 Å². The Labute approximate surface area is 206 Å². The fourth-order valence-electron chi connectivity index (χ4n) is 3.38. The third kappa shape index (κ3) is 15.2. The molecule has 1 N–H and O–H groups in total. The highest BCUT2D eigenvalue weighted by atomic mass is 16.6. The van der Waals surface area contributed by atoms with Gasteiger partial charge >= 0.3 is 11.9 Å². The zero-order valence-corrected chi connectivity index (χ0v) is 21.4. The van der Waals surface area contributed by atoms with Crippen LogP contribution in [0.15, 0.2) is 36.4 Å². The van der Waals surface area contributed by atoms with E-state index in [1.165, 1.54) is 64.7 Å². The van der Waals surface area contributed by atoms with E-state index in [1.807, 2.05) is 24.3 Å². The van der Waals surface area contributed by atoms with Crippen molar-refractivity contribution in [3.05, 3.63) is 42.0 Å². The largest absolute Gasteiger partial charge is 0.463 e. The van der Waals surface area contributed by atoms with Crippen LogP contribution >= 0.6 is 0 Å². The van der Waals surface area contributed by atoms with Crippen molar-refractivity contribution in [2.45, 2.75) is 97.5 Å². The Balaban J connectivity index is 2.14.